The Morgan fingerprint density at radius 1 is 0.862 bits per heavy atom. The molecule has 4 rings (SSSR count). The lowest BCUT2D eigenvalue weighted by Gasteiger charge is -2.08. The van der Waals surface area contributed by atoms with Crippen LogP contribution in [0.4, 0.5) is 0 Å². The molecule has 1 aromatic heterocycles. The molecule has 0 saturated heterocycles. The Kier molecular flexibility index (Phi) is 5.13. The van der Waals surface area contributed by atoms with Crippen LogP contribution in [0.1, 0.15) is 32.6 Å². The van der Waals surface area contributed by atoms with Crippen molar-refractivity contribution in [1.29, 1.82) is 0 Å². The average Bonchev–Trinajstić information content (AvgIpc) is 3.09. The van der Waals surface area contributed by atoms with Crippen LogP contribution in [0, 0.1) is 13.8 Å². The Labute approximate surface area is 170 Å². The molecule has 0 fully saturated rings. The summed E-state index contributed by atoms with van der Waals surface area (Å²) in [5.41, 5.74) is 5.53. The van der Waals surface area contributed by atoms with Crippen LogP contribution in [-0.2, 0) is 17.8 Å². The van der Waals surface area contributed by atoms with E-state index < -0.39 is 0 Å². The molecule has 0 N–H and O–H groups in total. The van der Waals surface area contributed by atoms with Gasteiger partial charge in [0.05, 0.1) is 6.54 Å². The molecule has 0 amide bonds. The smallest absolute Gasteiger partial charge is 0.195 e. The predicted octanol–water partition coefficient (Wildman–Crippen LogP) is 5.30. The Morgan fingerprint density at radius 2 is 1.59 bits per heavy atom. The van der Waals surface area contributed by atoms with E-state index in [1.807, 2.05) is 79.2 Å². The molecule has 0 unspecified atom stereocenters. The number of hydrogen-bond donors (Lipinski definition) is 0. The highest BCUT2D eigenvalue weighted by Gasteiger charge is 2.18. The number of rotatable bonds is 6. The van der Waals surface area contributed by atoms with Crippen LogP contribution in [0.3, 0.4) is 0 Å². The van der Waals surface area contributed by atoms with E-state index in [9.17, 15) is 9.59 Å². The first kappa shape index (κ1) is 18.9. The molecule has 0 spiro atoms. The second-order valence-corrected chi connectivity index (χ2v) is 7.53. The molecular formula is C26H23NO2. The standard InChI is InChI=1S/C26H23NO2/c1-18-12-13-19(2)21(14-18)15-22(28)16-27-17-24(23-10-6-7-11-25(23)27)26(29)20-8-4-3-5-9-20/h3-14,17H,15-16H2,1-2H3. The number of benzene rings is 3. The molecule has 0 radical (unpaired) electrons. The number of carbonyl (C=O) groups excluding carboxylic acids is 2. The van der Waals surface area contributed by atoms with Gasteiger partial charge in [-0.1, -0.05) is 72.3 Å². The van der Waals surface area contributed by atoms with Crippen LogP contribution in [0.2, 0.25) is 0 Å². The zero-order valence-electron chi connectivity index (χ0n) is 16.7. The summed E-state index contributed by atoms with van der Waals surface area (Å²) in [6, 6.07) is 23.2. The van der Waals surface area contributed by atoms with Crippen molar-refractivity contribution in [2.45, 2.75) is 26.8 Å². The number of hydrogen-bond acceptors (Lipinski definition) is 2. The molecule has 1 heterocycles. The van der Waals surface area contributed by atoms with E-state index in [0.29, 0.717) is 17.5 Å². The summed E-state index contributed by atoms with van der Waals surface area (Å²) >= 11 is 0. The largest absolute Gasteiger partial charge is 0.339 e. The van der Waals surface area contributed by atoms with E-state index in [2.05, 4.69) is 18.2 Å². The van der Waals surface area contributed by atoms with Gasteiger partial charge in [-0.15, -0.1) is 0 Å². The second kappa shape index (κ2) is 7.88. The number of fused-ring (bicyclic) bond motifs is 1. The molecule has 0 aliphatic rings. The van der Waals surface area contributed by atoms with Gasteiger partial charge in [0.15, 0.2) is 11.6 Å². The SMILES string of the molecule is Cc1ccc(C)c(CC(=O)Cn2cc(C(=O)c3ccccc3)c3ccccc32)c1. The lowest BCUT2D eigenvalue weighted by atomic mass is 10.0. The first-order chi connectivity index (χ1) is 14.0. The van der Waals surface area contributed by atoms with Crippen LogP contribution < -0.4 is 0 Å². The Bertz CT molecular complexity index is 1200. The van der Waals surface area contributed by atoms with Crippen molar-refractivity contribution in [2.75, 3.05) is 0 Å². The van der Waals surface area contributed by atoms with Gasteiger partial charge >= 0.3 is 0 Å². The zero-order chi connectivity index (χ0) is 20.4. The summed E-state index contributed by atoms with van der Waals surface area (Å²) in [5.74, 6) is 0.0979. The van der Waals surface area contributed by atoms with Crippen LogP contribution in [0.5, 0.6) is 0 Å². The summed E-state index contributed by atoms with van der Waals surface area (Å²) in [6.07, 6.45) is 2.21. The fourth-order valence-electron chi connectivity index (χ4n) is 3.75. The first-order valence-corrected chi connectivity index (χ1v) is 9.78. The molecule has 0 bridgehead atoms. The molecule has 0 aliphatic carbocycles. The molecule has 0 aliphatic heterocycles. The van der Waals surface area contributed by atoms with Crippen LogP contribution in [-0.4, -0.2) is 16.1 Å². The second-order valence-electron chi connectivity index (χ2n) is 7.53. The molecular weight excluding hydrogens is 358 g/mol. The third kappa shape index (κ3) is 3.90. The molecule has 0 saturated carbocycles. The quantitative estimate of drug-likeness (QED) is 0.425. The van der Waals surface area contributed by atoms with Crippen molar-refractivity contribution in [1.82, 2.24) is 4.57 Å². The van der Waals surface area contributed by atoms with Crippen molar-refractivity contribution in [3.05, 3.63) is 107 Å². The van der Waals surface area contributed by atoms with Gasteiger partial charge < -0.3 is 4.57 Å². The maximum atomic E-state index is 13.0. The third-order valence-electron chi connectivity index (χ3n) is 5.31. The lowest BCUT2D eigenvalue weighted by Crippen LogP contribution is -2.12. The van der Waals surface area contributed by atoms with Gasteiger partial charge in [-0.25, -0.2) is 0 Å². The number of ketones is 2. The number of Topliss-reactive ketones (excluding diaryl/α,β-unsaturated/α-hetero) is 1. The fourth-order valence-corrected chi connectivity index (χ4v) is 3.75. The van der Waals surface area contributed by atoms with Crippen molar-refractivity contribution in [2.24, 2.45) is 0 Å². The maximum absolute atomic E-state index is 13.0. The topological polar surface area (TPSA) is 39.1 Å². The molecule has 144 valence electrons. The first-order valence-electron chi connectivity index (χ1n) is 9.78. The zero-order valence-corrected chi connectivity index (χ0v) is 16.7. The average molecular weight is 381 g/mol. The minimum absolute atomic E-state index is 0.0254. The van der Waals surface area contributed by atoms with Crippen molar-refractivity contribution < 1.29 is 9.59 Å². The number of aryl methyl sites for hydroxylation is 2. The molecule has 3 aromatic carbocycles. The highest BCUT2D eigenvalue weighted by molar-refractivity contribution is 6.16. The van der Waals surface area contributed by atoms with E-state index in [1.165, 1.54) is 0 Å². The monoisotopic (exact) mass is 381 g/mol. The van der Waals surface area contributed by atoms with Gasteiger partial charge in [0.1, 0.15) is 0 Å². The lowest BCUT2D eigenvalue weighted by molar-refractivity contribution is -0.118. The summed E-state index contributed by atoms with van der Waals surface area (Å²) in [6.45, 7) is 4.31. The number of para-hydroxylation sites is 1. The molecule has 0 atom stereocenters. The minimum Gasteiger partial charge on any atom is -0.339 e. The number of nitrogens with zero attached hydrogens (tertiary/aromatic N) is 1. The third-order valence-corrected chi connectivity index (χ3v) is 5.31. The van der Waals surface area contributed by atoms with Crippen molar-refractivity contribution >= 4 is 22.5 Å². The summed E-state index contributed by atoms with van der Waals surface area (Å²) in [4.78, 5) is 25.9. The predicted molar refractivity (Wildman–Crippen MR) is 116 cm³/mol. The molecule has 3 nitrogen and oxygen atoms in total. The van der Waals surface area contributed by atoms with Gasteiger partial charge in [-0.2, -0.15) is 0 Å². The van der Waals surface area contributed by atoms with Gasteiger partial charge in [-0.3, -0.25) is 9.59 Å². The van der Waals surface area contributed by atoms with Gasteiger partial charge in [0.2, 0.25) is 0 Å². The van der Waals surface area contributed by atoms with Crippen molar-refractivity contribution in [3.8, 4) is 0 Å². The van der Waals surface area contributed by atoms with E-state index in [0.717, 1.165) is 27.6 Å². The Morgan fingerprint density at radius 3 is 2.38 bits per heavy atom. The summed E-state index contributed by atoms with van der Waals surface area (Å²) < 4.78 is 1.90. The van der Waals surface area contributed by atoms with E-state index in [1.54, 1.807) is 0 Å². The van der Waals surface area contributed by atoms with E-state index >= 15 is 0 Å². The number of carbonyl (C=O) groups is 2. The number of aromatic nitrogens is 1. The molecule has 3 heteroatoms. The molecule has 29 heavy (non-hydrogen) atoms. The van der Waals surface area contributed by atoms with Gasteiger partial charge in [0.25, 0.3) is 0 Å². The normalized spacial score (nSPS) is 11.0. The summed E-state index contributed by atoms with van der Waals surface area (Å²) in [5, 5.41) is 0.876. The summed E-state index contributed by atoms with van der Waals surface area (Å²) in [7, 11) is 0. The highest BCUT2D eigenvalue weighted by Crippen LogP contribution is 2.24. The van der Waals surface area contributed by atoms with Crippen LogP contribution >= 0.6 is 0 Å². The van der Waals surface area contributed by atoms with Crippen LogP contribution in [0.25, 0.3) is 10.9 Å². The Balaban J connectivity index is 1.65. The minimum atomic E-state index is -0.0254. The van der Waals surface area contributed by atoms with E-state index in [-0.39, 0.29) is 18.1 Å². The highest BCUT2D eigenvalue weighted by atomic mass is 16.1. The fraction of sp³-hybridized carbons (Fsp3) is 0.154. The van der Waals surface area contributed by atoms with Crippen molar-refractivity contribution in [3.63, 3.8) is 0 Å². The molecule has 4 aromatic rings. The Hall–Kier alpha value is -3.46. The van der Waals surface area contributed by atoms with Gasteiger partial charge in [0, 0.05) is 34.6 Å². The maximum Gasteiger partial charge on any atom is 0.195 e. The van der Waals surface area contributed by atoms with Gasteiger partial charge in [-0.05, 0) is 31.0 Å². The van der Waals surface area contributed by atoms with E-state index in [4.69, 9.17) is 0 Å². The van der Waals surface area contributed by atoms with Crippen LogP contribution in [0.15, 0.2) is 79.0 Å².